The van der Waals surface area contributed by atoms with Gasteiger partial charge in [-0.15, -0.1) is 0 Å². The molecule has 0 saturated heterocycles. The topological polar surface area (TPSA) is 67.3 Å². The molecule has 2 N–H and O–H groups in total. The number of aromatic nitrogens is 2. The van der Waals surface area contributed by atoms with Crippen LogP contribution in [0.1, 0.15) is 0 Å². The highest BCUT2D eigenvalue weighted by atomic mass is 35.5. The van der Waals surface area contributed by atoms with Gasteiger partial charge in [0, 0.05) is 17.2 Å². The van der Waals surface area contributed by atoms with Crippen molar-refractivity contribution >= 4 is 45.8 Å². The minimum atomic E-state index is -0.572. The molecule has 0 atom stereocenters. The van der Waals surface area contributed by atoms with Gasteiger partial charge in [-0.05, 0) is 24.5 Å². The van der Waals surface area contributed by atoms with E-state index in [9.17, 15) is 9.50 Å². The Morgan fingerprint density at radius 1 is 1.32 bits per heavy atom. The summed E-state index contributed by atoms with van der Waals surface area (Å²) in [6.07, 6.45) is 3.33. The smallest absolute Gasteiger partial charge is 0.165 e. The number of halogens is 2. The van der Waals surface area contributed by atoms with Crippen LogP contribution in [0.5, 0.6) is 11.5 Å². The second-order valence-corrected chi connectivity index (χ2v) is 6.52. The van der Waals surface area contributed by atoms with Crippen LogP contribution >= 0.6 is 23.4 Å². The predicted molar refractivity (Wildman–Crippen MR) is 99.8 cm³/mol. The molecule has 0 unspecified atom stereocenters. The number of nitrogens with one attached hydrogen (secondary N) is 1. The van der Waals surface area contributed by atoms with Gasteiger partial charge < -0.3 is 15.2 Å². The fourth-order valence-electron chi connectivity index (χ4n) is 2.25. The minimum Gasteiger partial charge on any atom is -0.504 e. The number of nitrogens with zero attached hydrogens (tertiary/aromatic N) is 2. The first-order valence-electron chi connectivity index (χ1n) is 7.40. The van der Waals surface area contributed by atoms with Crippen LogP contribution in [0.3, 0.4) is 0 Å². The molecule has 8 heteroatoms. The molecule has 0 aliphatic heterocycles. The summed E-state index contributed by atoms with van der Waals surface area (Å²) < 4.78 is 19.6. The molecule has 5 nitrogen and oxygen atoms in total. The standard InChI is InChI=1S/C17H15ClFN3O2S/c1-25-6-5-24-15-8-13-10(7-14(15)23)17(21-9-20-13)22-12-4-2-3-11(18)16(12)19/h2-4,7-9,23H,5-6H2,1H3,(H,20,21,22). The van der Waals surface area contributed by atoms with Gasteiger partial charge in [0.25, 0.3) is 0 Å². The van der Waals surface area contributed by atoms with Gasteiger partial charge in [-0.2, -0.15) is 11.8 Å². The van der Waals surface area contributed by atoms with Gasteiger partial charge in [-0.1, -0.05) is 17.7 Å². The fourth-order valence-corrected chi connectivity index (χ4v) is 2.68. The van der Waals surface area contributed by atoms with Crippen molar-refractivity contribution in [1.29, 1.82) is 0 Å². The van der Waals surface area contributed by atoms with Crippen molar-refractivity contribution in [2.45, 2.75) is 0 Å². The van der Waals surface area contributed by atoms with Gasteiger partial charge in [0.05, 0.1) is 22.8 Å². The van der Waals surface area contributed by atoms with Gasteiger partial charge in [-0.3, -0.25) is 0 Å². The Hall–Kier alpha value is -2.25. The summed E-state index contributed by atoms with van der Waals surface area (Å²) >= 11 is 7.45. The number of benzene rings is 2. The maximum atomic E-state index is 14.1. The maximum absolute atomic E-state index is 14.1. The fraction of sp³-hybridized carbons (Fsp3) is 0.176. The molecular weight excluding hydrogens is 365 g/mol. The van der Waals surface area contributed by atoms with Gasteiger partial charge in [0.15, 0.2) is 17.3 Å². The van der Waals surface area contributed by atoms with Crippen LogP contribution in [0.2, 0.25) is 5.02 Å². The lowest BCUT2D eigenvalue weighted by atomic mass is 10.2. The summed E-state index contributed by atoms with van der Waals surface area (Å²) in [7, 11) is 0. The molecule has 0 radical (unpaired) electrons. The number of thioether (sulfide) groups is 1. The molecule has 0 bridgehead atoms. The normalized spacial score (nSPS) is 10.8. The third kappa shape index (κ3) is 3.88. The lowest BCUT2D eigenvalue weighted by molar-refractivity contribution is 0.322. The van der Waals surface area contributed by atoms with E-state index in [4.69, 9.17) is 16.3 Å². The maximum Gasteiger partial charge on any atom is 0.165 e. The first-order valence-corrected chi connectivity index (χ1v) is 9.18. The SMILES string of the molecule is CSCCOc1cc2ncnc(Nc3cccc(Cl)c3F)c2cc1O. The quantitative estimate of drug-likeness (QED) is 0.609. The summed E-state index contributed by atoms with van der Waals surface area (Å²) in [6.45, 7) is 0.476. The molecule has 0 amide bonds. The number of phenols is 1. The van der Waals surface area contributed by atoms with Crippen LogP contribution in [0, 0.1) is 5.82 Å². The van der Waals surface area contributed by atoms with E-state index in [2.05, 4.69) is 15.3 Å². The molecule has 130 valence electrons. The molecule has 3 rings (SSSR count). The zero-order chi connectivity index (χ0) is 17.8. The molecule has 0 aliphatic rings. The highest BCUT2D eigenvalue weighted by molar-refractivity contribution is 7.98. The van der Waals surface area contributed by atoms with E-state index in [0.717, 1.165) is 5.75 Å². The predicted octanol–water partition coefficient (Wildman–Crippen LogP) is 4.61. The molecular formula is C17H15ClFN3O2S. The van der Waals surface area contributed by atoms with Crippen LogP contribution < -0.4 is 10.1 Å². The molecule has 25 heavy (non-hydrogen) atoms. The molecule has 0 aliphatic carbocycles. The van der Waals surface area contributed by atoms with E-state index < -0.39 is 5.82 Å². The number of aromatic hydroxyl groups is 1. The Bertz CT molecular complexity index is 910. The van der Waals surface area contributed by atoms with Crippen LogP contribution in [-0.4, -0.2) is 33.7 Å². The molecule has 1 aromatic heterocycles. The van der Waals surface area contributed by atoms with Gasteiger partial charge in [0.1, 0.15) is 12.1 Å². The molecule has 0 spiro atoms. The number of fused-ring (bicyclic) bond motifs is 1. The van der Waals surface area contributed by atoms with Crippen molar-refractivity contribution in [3.05, 3.63) is 47.5 Å². The summed E-state index contributed by atoms with van der Waals surface area (Å²) in [6, 6.07) is 7.77. The first-order chi connectivity index (χ1) is 12.1. The molecule has 0 saturated carbocycles. The van der Waals surface area contributed by atoms with Crippen molar-refractivity contribution in [2.24, 2.45) is 0 Å². The molecule has 3 aromatic rings. The Morgan fingerprint density at radius 2 is 2.16 bits per heavy atom. The van der Waals surface area contributed by atoms with E-state index in [1.807, 2.05) is 6.26 Å². The lowest BCUT2D eigenvalue weighted by Gasteiger charge is -2.12. The first kappa shape index (κ1) is 17.6. The van der Waals surface area contributed by atoms with Crippen molar-refractivity contribution in [3.8, 4) is 11.5 Å². The lowest BCUT2D eigenvalue weighted by Crippen LogP contribution is -2.01. The van der Waals surface area contributed by atoms with Crippen molar-refractivity contribution in [1.82, 2.24) is 9.97 Å². The van der Waals surface area contributed by atoms with Crippen LogP contribution in [0.4, 0.5) is 15.9 Å². The Labute approximate surface area is 153 Å². The van der Waals surface area contributed by atoms with Crippen molar-refractivity contribution < 1.29 is 14.2 Å². The molecule has 2 aromatic carbocycles. The van der Waals surface area contributed by atoms with Gasteiger partial charge in [0.2, 0.25) is 0 Å². The number of anilines is 2. The average molecular weight is 380 g/mol. The van der Waals surface area contributed by atoms with Gasteiger partial charge in [-0.25, -0.2) is 14.4 Å². The summed E-state index contributed by atoms with van der Waals surface area (Å²) in [5.41, 5.74) is 0.754. The third-order valence-corrected chi connectivity index (χ3v) is 4.33. The largest absolute Gasteiger partial charge is 0.504 e. The van der Waals surface area contributed by atoms with Crippen LogP contribution in [-0.2, 0) is 0 Å². The van der Waals surface area contributed by atoms with Crippen LogP contribution in [0.15, 0.2) is 36.7 Å². The van der Waals surface area contributed by atoms with Crippen LogP contribution in [0.25, 0.3) is 10.9 Å². The monoisotopic (exact) mass is 379 g/mol. The Morgan fingerprint density at radius 3 is 2.96 bits per heavy atom. The summed E-state index contributed by atoms with van der Waals surface area (Å²) in [5, 5.41) is 13.6. The number of hydrogen-bond donors (Lipinski definition) is 2. The van der Waals surface area contributed by atoms with E-state index in [0.29, 0.717) is 29.1 Å². The second-order valence-electron chi connectivity index (χ2n) is 5.13. The highest BCUT2D eigenvalue weighted by Crippen LogP contribution is 2.34. The van der Waals surface area contributed by atoms with Crippen molar-refractivity contribution in [3.63, 3.8) is 0 Å². The Kier molecular flexibility index (Phi) is 5.45. The number of ether oxygens (including phenoxy) is 1. The summed E-state index contributed by atoms with van der Waals surface area (Å²) in [4.78, 5) is 8.32. The zero-order valence-electron chi connectivity index (χ0n) is 13.3. The number of phenolic OH excluding ortho intramolecular Hbond substituents is 1. The van der Waals surface area contributed by atoms with E-state index >= 15 is 0 Å². The van der Waals surface area contributed by atoms with Gasteiger partial charge >= 0.3 is 0 Å². The van der Waals surface area contributed by atoms with Crippen molar-refractivity contribution in [2.75, 3.05) is 23.9 Å². The second kappa shape index (κ2) is 7.76. The molecule has 1 heterocycles. The van der Waals surface area contributed by atoms with E-state index in [1.54, 1.807) is 30.0 Å². The summed E-state index contributed by atoms with van der Waals surface area (Å²) in [5.74, 6) is 0.912. The average Bonchev–Trinajstić information content (AvgIpc) is 2.60. The minimum absolute atomic E-state index is 0.00990. The molecule has 0 fully saturated rings. The number of rotatable bonds is 6. The third-order valence-electron chi connectivity index (χ3n) is 3.47. The van der Waals surface area contributed by atoms with E-state index in [-0.39, 0.29) is 16.5 Å². The Balaban J connectivity index is 1.96. The zero-order valence-corrected chi connectivity index (χ0v) is 14.9. The highest BCUT2D eigenvalue weighted by Gasteiger charge is 2.13. The van der Waals surface area contributed by atoms with E-state index in [1.165, 1.54) is 18.5 Å². The number of hydrogen-bond acceptors (Lipinski definition) is 6.